The number of hydrogen-bond donors (Lipinski definition) is 2. The van der Waals surface area contributed by atoms with Gasteiger partial charge >= 0.3 is 12.0 Å². The molecule has 0 bridgehead atoms. The van der Waals surface area contributed by atoms with Crippen molar-refractivity contribution in [2.75, 3.05) is 25.0 Å². The third kappa shape index (κ3) is 3.54. The quantitative estimate of drug-likeness (QED) is 0.880. The minimum atomic E-state index is -1.01. The maximum atomic E-state index is 12.3. The summed E-state index contributed by atoms with van der Waals surface area (Å²) >= 11 is 1.30. The lowest BCUT2D eigenvalue weighted by Gasteiger charge is -2.22. The third-order valence-corrected chi connectivity index (χ3v) is 4.68. The van der Waals surface area contributed by atoms with Crippen molar-refractivity contribution >= 4 is 28.3 Å². The number of rotatable bonds is 2. The molecule has 1 aliphatic rings. The van der Waals surface area contributed by atoms with Crippen LogP contribution in [0, 0.1) is 13.8 Å². The average Bonchev–Trinajstić information content (AvgIpc) is 2.58. The molecule has 2 N–H and O–H groups in total. The molecule has 6 nitrogen and oxygen atoms in total. The van der Waals surface area contributed by atoms with E-state index in [-0.39, 0.29) is 17.7 Å². The summed E-state index contributed by atoms with van der Waals surface area (Å²) < 4.78 is 5.51. The first-order valence-electron chi connectivity index (χ1n) is 6.91. The van der Waals surface area contributed by atoms with Crippen LogP contribution in [0.2, 0.25) is 0 Å². The first-order chi connectivity index (χ1) is 9.90. The van der Waals surface area contributed by atoms with E-state index >= 15 is 0 Å². The van der Waals surface area contributed by atoms with Gasteiger partial charge in [-0.1, -0.05) is 0 Å². The summed E-state index contributed by atoms with van der Waals surface area (Å²) in [4.78, 5) is 26.2. The molecule has 2 amide bonds. The molecule has 0 aliphatic carbocycles. The first-order valence-corrected chi connectivity index (χ1v) is 7.72. The molecule has 1 aromatic heterocycles. The first kappa shape index (κ1) is 15.8. The van der Waals surface area contributed by atoms with Crippen LogP contribution in [-0.4, -0.2) is 47.8 Å². The minimum absolute atomic E-state index is 0.0102. The van der Waals surface area contributed by atoms with E-state index in [0.29, 0.717) is 30.3 Å². The number of nitrogens with zero attached hydrogens (tertiary/aromatic N) is 1. The van der Waals surface area contributed by atoms with Gasteiger partial charge in [-0.2, -0.15) is 0 Å². The van der Waals surface area contributed by atoms with Gasteiger partial charge in [-0.25, -0.2) is 9.59 Å². The maximum absolute atomic E-state index is 12.3. The lowest BCUT2D eigenvalue weighted by molar-refractivity contribution is 0.0696. The summed E-state index contributed by atoms with van der Waals surface area (Å²) in [6, 6.07) is -0.267. The number of thiophene rings is 1. The van der Waals surface area contributed by atoms with E-state index < -0.39 is 5.97 Å². The van der Waals surface area contributed by atoms with Crippen molar-refractivity contribution in [2.45, 2.75) is 33.3 Å². The Morgan fingerprint density at radius 3 is 2.81 bits per heavy atom. The van der Waals surface area contributed by atoms with Gasteiger partial charge in [-0.05, 0) is 32.8 Å². The van der Waals surface area contributed by atoms with Crippen LogP contribution in [0.25, 0.3) is 0 Å². The van der Waals surface area contributed by atoms with Crippen LogP contribution in [0.15, 0.2) is 0 Å². The average molecular weight is 312 g/mol. The molecule has 1 atom stereocenters. The second-order valence-electron chi connectivity index (χ2n) is 5.20. The van der Waals surface area contributed by atoms with Crippen LogP contribution in [0.3, 0.4) is 0 Å². The number of carboxylic acid groups (broad SMARTS) is 1. The van der Waals surface area contributed by atoms with E-state index in [0.717, 1.165) is 11.3 Å². The number of carbonyl (C=O) groups excluding carboxylic acids is 1. The van der Waals surface area contributed by atoms with Crippen molar-refractivity contribution in [3.63, 3.8) is 0 Å². The van der Waals surface area contributed by atoms with E-state index in [9.17, 15) is 14.7 Å². The molecule has 0 saturated carbocycles. The Morgan fingerprint density at radius 2 is 2.14 bits per heavy atom. The van der Waals surface area contributed by atoms with Crippen molar-refractivity contribution in [3.05, 3.63) is 16.0 Å². The zero-order valence-corrected chi connectivity index (χ0v) is 13.2. The van der Waals surface area contributed by atoms with Crippen LogP contribution in [0.4, 0.5) is 9.80 Å². The predicted octanol–water partition coefficient (Wildman–Crippen LogP) is 2.71. The molecule has 1 saturated heterocycles. The summed E-state index contributed by atoms with van der Waals surface area (Å²) in [6.45, 7) is 7.30. The van der Waals surface area contributed by atoms with Crippen LogP contribution >= 0.6 is 11.3 Å². The topological polar surface area (TPSA) is 78.9 Å². The van der Waals surface area contributed by atoms with E-state index in [1.807, 2.05) is 13.8 Å². The highest BCUT2D eigenvalue weighted by molar-refractivity contribution is 7.16. The van der Waals surface area contributed by atoms with Crippen molar-refractivity contribution < 1.29 is 19.4 Å². The number of urea groups is 1. The summed E-state index contributed by atoms with van der Waals surface area (Å²) in [7, 11) is 0. The molecule has 21 heavy (non-hydrogen) atoms. The van der Waals surface area contributed by atoms with Gasteiger partial charge in [0.15, 0.2) is 0 Å². The highest BCUT2D eigenvalue weighted by atomic mass is 32.1. The lowest BCUT2D eigenvalue weighted by Crippen LogP contribution is -2.39. The zero-order chi connectivity index (χ0) is 15.6. The van der Waals surface area contributed by atoms with Gasteiger partial charge in [-0.15, -0.1) is 11.3 Å². The summed E-state index contributed by atoms with van der Waals surface area (Å²) in [5, 5.41) is 12.4. The standard InChI is InChI=1S/C14H20N2O4S/c1-8-7-16(5-4-6-20-8)14(19)15-12-11(13(17)18)9(2)10(3)21-12/h8H,4-7H2,1-3H3,(H,15,19)(H,17,18). The van der Waals surface area contributed by atoms with Gasteiger partial charge in [0, 0.05) is 24.6 Å². The van der Waals surface area contributed by atoms with Crippen LogP contribution in [-0.2, 0) is 4.74 Å². The molecular formula is C14H20N2O4S. The Bertz CT molecular complexity index is 555. The molecule has 2 heterocycles. The lowest BCUT2D eigenvalue weighted by atomic mass is 10.1. The van der Waals surface area contributed by atoms with Crippen LogP contribution in [0.1, 0.15) is 34.1 Å². The molecule has 0 radical (unpaired) electrons. The van der Waals surface area contributed by atoms with Crippen molar-refractivity contribution in [1.82, 2.24) is 4.90 Å². The number of aromatic carboxylic acids is 1. The summed E-state index contributed by atoms with van der Waals surface area (Å²) in [6.07, 6.45) is 0.774. The van der Waals surface area contributed by atoms with Gasteiger partial charge < -0.3 is 14.7 Å². The van der Waals surface area contributed by atoms with Gasteiger partial charge in [0.2, 0.25) is 0 Å². The second-order valence-corrected chi connectivity index (χ2v) is 6.43. The molecule has 2 rings (SSSR count). The Hall–Kier alpha value is -1.60. The van der Waals surface area contributed by atoms with Crippen molar-refractivity contribution in [3.8, 4) is 0 Å². The normalized spacial score (nSPS) is 19.2. The molecule has 1 fully saturated rings. The molecule has 7 heteroatoms. The van der Waals surface area contributed by atoms with Gasteiger partial charge in [-0.3, -0.25) is 5.32 Å². The van der Waals surface area contributed by atoms with Gasteiger partial charge in [0.25, 0.3) is 0 Å². The van der Waals surface area contributed by atoms with Crippen LogP contribution < -0.4 is 5.32 Å². The highest BCUT2D eigenvalue weighted by Crippen LogP contribution is 2.32. The molecule has 1 unspecified atom stereocenters. The SMILES string of the molecule is Cc1sc(NC(=O)N2CCCOC(C)C2)c(C(=O)O)c1C. The number of hydrogen-bond acceptors (Lipinski definition) is 4. The van der Waals surface area contributed by atoms with E-state index in [4.69, 9.17) is 4.74 Å². The van der Waals surface area contributed by atoms with Crippen LogP contribution in [0.5, 0.6) is 0 Å². The molecule has 0 spiro atoms. The van der Waals surface area contributed by atoms with E-state index in [1.165, 1.54) is 11.3 Å². The third-order valence-electron chi connectivity index (χ3n) is 3.56. The van der Waals surface area contributed by atoms with Gasteiger partial charge in [0.05, 0.1) is 11.7 Å². The van der Waals surface area contributed by atoms with E-state index in [1.54, 1.807) is 11.8 Å². The molecule has 1 aromatic rings. The molecule has 116 valence electrons. The minimum Gasteiger partial charge on any atom is -0.478 e. The fourth-order valence-corrected chi connectivity index (χ4v) is 3.37. The predicted molar refractivity (Wildman–Crippen MR) is 81.4 cm³/mol. The number of aryl methyl sites for hydroxylation is 1. The Labute approximate surface area is 127 Å². The Kier molecular flexibility index (Phi) is 4.84. The Balaban J connectivity index is 2.16. The van der Waals surface area contributed by atoms with Crippen molar-refractivity contribution in [2.24, 2.45) is 0 Å². The number of carbonyl (C=O) groups is 2. The number of ether oxygens (including phenoxy) is 1. The molecule has 0 aromatic carbocycles. The fourth-order valence-electron chi connectivity index (χ4n) is 2.33. The largest absolute Gasteiger partial charge is 0.478 e. The fraction of sp³-hybridized carbons (Fsp3) is 0.571. The maximum Gasteiger partial charge on any atom is 0.338 e. The summed E-state index contributed by atoms with van der Waals surface area (Å²) in [5.41, 5.74) is 0.889. The summed E-state index contributed by atoms with van der Waals surface area (Å²) in [5.74, 6) is -1.01. The monoisotopic (exact) mass is 312 g/mol. The highest BCUT2D eigenvalue weighted by Gasteiger charge is 2.24. The Morgan fingerprint density at radius 1 is 1.43 bits per heavy atom. The number of amides is 2. The molecule has 1 aliphatic heterocycles. The number of anilines is 1. The molecular weight excluding hydrogens is 292 g/mol. The van der Waals surface area contributed by atoms with E-state index in [2.05, 4.69) is 5.32 Å². The smallest absolute Gasteiger partial charge is 0.338 e. The number of carboxylic acids is 1. The second kappa shape index (κ2) is 6.44. The van der Waals surface area contributed by atoms with Crippen molar-refractivity contribution in [1.29, 1.82) is 0 Å². The zero-order valence-electron chi connectivity index (χ0n) is 12.4. The van der Waals surface area contributed by atoms with Gasteiger partial charge in [0.1, 0.15) is 5.00 Å². The number of nitrogens with one attached hydrogen (secondary N) is 1.